The second kappa shape index (κ2) is 8.80. The average molecular weight is 446 g/mol. The summed E-state index contributed by atoms with van der Waals surface area (Å²) in [6, 6.07) is 10.0. The molecule has 1 fully saturated rings. The summed E-state index contributed by atoms with van der Waals surface area (Å²) < 4.78 is 38.2. The van der Waals surface area contributed by atoms with Crippen LogP contribution in [0.1, 0.15) is 36.1 Å². The lowest BCUT2D eigenvalue weighted by Crippen LogP contribution is -2.50. The fourth-order valence-electron chi connectivity index (χ4n) is 4.47. The van der Waals surface area contributed by atoms with Crippen molar-refractivity contribution in [3.8, 4) is 0 Å². The number of alkyl halides is 3. The van der Waals surface area contributed by atoms with Gasteiger partial charge in [0.25, 0.3) is 0 Å². The Bertz CT molecular complexity index is 985. The number of carbonyl (C=O) groups is 2. The molecule has 2 amide bonds. The van der Waals surface area contributed by atoms with Crippen LogP contribution >= 0.6 is 0 Å². The van der Waals surface area contributed by atoms with Gasteiger partial charge in [-0.2, -0.15) is 13.2 Å². The highest BCUT2D eigenvalue weighted by atomic mass is 19.4. The summed E-state index contributed by atoms with van der Waals surface area (Å²) in [6.07, 6.45) is -2.58. The van der Waals surface area contributed by atoms with Crippen molar-refractivity contribution in [1.29, 1.82) is 0 Å². The van der Waals surface area contributed by atoms with Gasteiger partial charge in [-0.25, -0.2) is 4.98 Å². The topological polar surface area (TPSA) is 56.8 Å². The van der Waals surface area contributed by atoms with Crippen molar-refractivity contribution >= 4 is 17.6 Å². The van der Waals surface area contributed by atoms with Crippen molar-refractivity contribution in [2.75, 3.05) is 37.6 Å². The number of carbonyl (C=O) groups excluding carboxylic acids is 2. The zero-order valence-electron chi connectivity index (χ0n) is 17.8. The maximum atomic E-state index is 13.1. The first-order valence-electron chi connectivity index (χ1n) is 10.6. The van der Waals surface area contributed by atoms with Gasteiger partial charge in [-0.15, -0.1) is 0 Å². The van der Waals surface area contributed by atoms with E-state index in [-0.39, 0.29) is 24.3 Å². The summed E-state index contributed by atoms with van der Waals surface area (Å²) >= 11 is 0. The molecule has 0 spiro atoms. The maximum Gasteiger partial charge on any atom is 0.417 e. The van der Waals surface area contributed by atoms with Crippen molar-refractivity contribution in [3.05, 3.63) is 59.3 Å². The van der Waals surface area contributed by atoms with Crippen molar-refractivity contribution in [2.45, 2.75) is 32.0 Å². The van der Waals surface area contributed by atoms with E-state index in [1.165, 1.54) is 18.6 Å². The van der Waals surface area contributed by atoms with Crippen LogP contribution in [0.4, 0.5) is 19.0 Å². The van der Waals surface area contributed by atoms with Crippen molar-refractivity contribution in [1.82, 2.24) is 14.8 Å². The van der Waals surface area contributed by atoms with Crippen LogP contribution in [0.3, 0.4) is 0 Å². The molecular weight excluding hydrogens is 421 g/mol. The van der Waals surface area contributed by atoms with Gasteiger partial charge in [0.05, 0.1) is 18.0 Å². The van der Waals surface area contributed by atoms with Gasteiger partial charge in [0.1, 0.15) is 5.82 Å². The molecule has 1 atom stereocenters. The molecular formula is C23H25F3N4O2. The van der Waals surface area contributed by atoms with E-state index >= 15 is 0 Å². The lowest BCUT2D eigenvalue weighted by molar-refractivity contribution is -0.138. The van der Waals surface area contributed by atoms with Gasteiger partial charge < -0.3 is 14.7 Å². The van der Waals surface area contributed by atoms with Crippen LogP contribution < -0.4 is 4.90 Å². The number of rotatable bonds is 3. The number of pyridine rings is 1. The molecule has 0 radical (unpaired) electrons. The van der Waals surface area contributed by atoms with Crippen molar-refractivity contribution < 1.29 is 22.8 Å². The summed E-state index contributed by atoms with van der Waals surface area (Å²) in [5.41, 5.74) is 1.41. The minimum atomic E-state index is -4.41. The second-order valence-electron chi connectivity index (χ2n) is 8.15. The SMILES string of the molecule is CC(=O)N1CCc2ccccc2C1CC(=O)N1CCN(c2ccc(C(F)(F)F)cn2)CC1. The fraction of sp³-hybridized carbons (Fsp3) is 0.435. The molecule has 0 bridgehead atoms. The van der Waals surface area contributed by atoms with Gasteiger partial charge >= 0.3 is 6.18 Å². The standard InChI is InChI=1S/C23H25F3N4O2/c1-16(31)30-9-8-17-4-2-3-5-19(17)20(30)14-22(32)29-12-10-28(11-13-29)21-7-6-18(15-27-21)23(24,25)26/h2-7,15,20H,8-14H2,1H3. The first-order valence-corrected chi connectivity index (χ1v) is 10.6. The van der Waals surface area contributed by atoms with Gasteiger partial charge in [0, 0.05) is 45.8 Å². The Morgan fingerprint density at radius 1 is 1.03 bits per heavy atom. The highest BCUT2D eigenvalue weighted by molar-refractivity contribution is 5.80. The summed E-state index contributed by atoms with van der Waals surface area (Å²) in [5.74, 6) is 0.391. The van der Waals surface area contributed by atoms with Gasteiger partial charge in [0.15, 0.2) is 0 Å². The third-order valence-electron chi connectivity index (χ3n) is 6.22. The molecule has 2 aliphatic heterocycles. The highest BCUT2D eigenvalue weighted by Crippen LogP contribution is 2.33. The molecule has 1 aromatic heterocycles. The number of aromatic nitrogens is 1. The number of amides is 2. The number of anilines is 1. The van der Waals surface area contributed by atoms with E-state index in [9.17, 15) is 22.8 Å². The van der Waals surface area contributed by atoms with Crippen LogP contribution in [-0.4, -0.2) is 59.3 Å². The van der Waals surface area contributed by atoms with Crippen LogP contribution in [0.5, 0.6) is 0 Å². The predicted molar refractivity (Wildman–Crippen MR) is 113 cm³/mol. The van der Waals surface area contributed by atoms with Gasteiger partial charge in [-0.3, -0.25) is 9.59 Å². The van der Waals surface area contributed by atoms with Crippen LogP contribution in [0, 0.1) is 0 Å². The Labute approximate surface area is 184 Å². The number of fused-ring (bicyclic) bond motifs is 1. The number of halogens is 3. The molecule has 9 heteroatoms. The zero-order chi connectivity index (χ0) is 22.9. The Kier molecular flexibility index (Phi) is 6.08. The Hall–Kier alpha value is -3.10. The lowest BCUT2D eigenvalue weighted by atomic mass is 9.90. The Balaban J connectivity index is 1.40. The Morgan fingerprint density at radius 2 is 1.75 bits per heavy atom. The van der Waals surface area contributed by atoms with Crippen LogP contribution in [0.15, 0.2) is 42.6 Å². The van der Waals surface area contributed by atoms with Crippen LogP contribution in [-0.2, 0) is 22.2 Å². The smallest absolute Gasteiger partial charge is 0.353 e. The van der Waals surface area contributed by atoms with E-state index in [4.69, 9.17) is 0 Å². The molecule has 2 aliphatic rings. The third-order valence-corrected chi connectivity index (χ3v) is 6.22. The lowest BCUT2D eigenvalue weighted by Gasteiger charge is -2.39. The molecule has 0 aliphatic carbocycles. The monoisotopic (exact) mass is 446 g/mol. The molecule has 0 saturated carbocycles. The molecule has 170 valence electrons. The first kappa shape index (κ1) is 22.1. The number of piperazine rings is 1. The van der Waals surface area contributed by atoms with Gasteiger partial charge in [-0.1, -0.05) is 24.3 Å². The summed E-state index contributed by atoms with van der Waals surface area (Å²) in [4.78, 5) is 34.6. The second-order valence-corrected chi connectivity index (χ2v) is 8.15. The molecule has 6 nitrogen and oxygen atoms in total. The van der Waals surface area contributed by atoms with Gasteiger partial charge in [-0.05, 0) is 29.7 Å². The number of hydrogen-bond donors (Lipinski definition) is 0. The van der Waals surface area contributed by atoms with Crippen LogP contribution in [0.2, 0.25) is 0 Å². The summed E-state index contributed by atoms with van der Waals surface area (Å²) in [7, 11) is 0. The molecule has 3 heterocycles. The van der Waals surface area contributed by atoms with Crippen LogP contribution in [0.25, 0.3) is 0 Å². The Morgan fingerprint density at radius 3 is 2.38 bits per heavy atom. The minimum absolute atomic E-state index is 0.0296. The first-order chi connectivity index (χ1) is 15.2. The molecule has 2 aromatic rings. The van der Waals surface area contributed by atoms with Gasteiger partial charge in [0.2, 0.25) is 11.8 Å². The molecule has 0 N–H and O–H groups in total. The molecule has 4 rings (SSSR count). The normalized spacial score (nSPS) is 19.0. The van der Waals surface area contributed by atoms with E-state index in [1.807, 2.05) is 29.2 Å². The molecule has 32 heavy (non-hydrogen) atoms. The number of nitrogens with zero attached hydrogens (tertiary/aromatic N) is 4. The predicted octanol–water partition coefficient (Wildman–Crippen LogP) is 3.29. The number of benzene rings is 1. The van der Waals surface area contributed by atoms with E-state index < -0.39 is 11.7 Å². The van der Waals surface area contributed by atoms with E-state index in [0.29, 0.717) is 38.5 Å². The van der Waals surface area contributed by atoms with Crippen molar-refractivity contribution in [3.63, 3.8) is 0 Å². The molecule has 1 saturated heterocycles. The maximum absolute atomic E-state index is 13.1. The number of hydrogen-bond acceptors (Lipinski definition) is 4. The van der Waals surface area contributed by atoms with E-state index in [1.54, 1.807) is 9.80 Å². The molecule has 1 aromatic carbocycles. The van der Waals surface area contributed by atoms with E-state index in [2.05, 4.69) is 4.98 Å². The fourth-order valence-corrected chi connectivity index (χ4v) is 4.47. The summed E-state index contributed by atoms with van der Waals surface area (Å²) in [6.45, 7) is 4.01. The summed E-state index contributed by atoms with van der Waals surface area (Å²) in [5, 5.41) is 0. The highest BCUT2D eigenvalue weighted by Gasteiger charge is 2.33. The largest absolute Gasteiger partial charge is 0.417 e. The van der Waals surface area contributed by atoms with E-state index in [0.717, 1.165) is 24.2 Å². The van der Waals surface area contributed by atoms with Crippen molar-refractivity contribution in [2.24, 2.45) is 0 Å². The molecule has 1 unspecified atom stereocenters. The minimum Gasteiger partial charge on any atom is -0.353 e. The third kappa shape index (κ3) is 4.56. The zero-order valence-corrected chi connectivity index (χ0v) is 17.8. The average Bonchev–Trinajstić information content (AvgIpc) is 2.78. The quantitative estimate of drug-likeness (QED) is 0.726.